The van der Waals surface area contributed by atoms with Crippen molar-refractivity contribution < 1.29 is 18.3 Å². The lowest BCUT2D eigenvalue weighted by atomic mass is 10.1. The van der Waals surface area contributed by atoms with Crippen LogP contribution in [0.5, 0.6) is 11.5 Å². The maximum Gasteiger partial charge on any atom is 0.272 e. The Bertz CT molecular complexity index is 368. The second-order valence-corrected chi connectivity index (χ2v) is 4.24. The van der Waals surface area contributed by atoms with Crippen molar-refractivity contribution >= 4 is 0 Å². The summed E-state index contributed by atoms with van der Waals surface area (Å²) in [5, 5.41) is 3.26. The predicted molar refractivity (Wildman–Crippen MR) is 64.5 cm³/mol. The van der Waals surface area contributed by atoms with E-state index in [1.165, 1.54) is 0 Å². The normalized spacial score (nSPS) is 16.8. The van der Waals surface area contributed by atoms with Gasteiger partial charge < -0.3 is 14.8 Å². The molecule has 1 aromatic rings. The minimum absolute atomic E-state index is 0.191. The largest absolute Gasteiger partial charge is 0.490 e. The lowest BCUT2D eigenvalue weighted by molar-refractivity contribution is 0.0815. The third-order valence-electron chi connectivity index (χ3n) is 2.77. The Morgan fingerprint density at radius 2 is 1.94 bits per heavy atom. The van der Waals surface area contributed by atoms with Gasteiger partial charge in [-0.15, -0.1) is 0 Å². The highest BCUT2D eigenvalue weighted by atomic mass is 19.3. The Morgan fingerprint density at radius 1 is 1.22 bits per heavy atom. The van der Waals surface area contributed by atoms with Crippen molar-refractivity contribution in [1.29, 1.82) is 0 Å². The number of ether oxygens (including phenoxy) is 2. The van der Waals surface area contributed by atoms with Crippen molar-refractivity contribution in [2.45, 2.75) is 25.4 Å². The summed E-state index contributed by atoms with van der Waals surface area (Å²) in [6, 6.07) is 6.87. The molecule has 1 aliphatic rings. The molecule has 2 rings (SSSR count). The second kappa shape index (κ2) is 6.54. The molecule has 0 amide bonds. The molecule has 0 unspecified atom stereocenters. The number of rotatable bonds is 5. The van der Waals surface area contributed by atoms with Crippen molar-refractivity contribution in [3.8, 4) is 11.5 Å². The zero-order valence-electron chi connectivity index (χ0n) is 10.1. The van der Waals surface area contributed by atoms with E-state index in [1.807, 2.05) is 6.07 Å². The van der Waals surface area contributed by atoms with Crippen LogP contribution in [0.2, 0.25) is 0 Å². The van der Waals surface area contributed by atoms with E-state index in [2.05, 4.69) is 5.32 Å². The molecule has 0 aliphatic carbocycles. The summed E-state index contributed by atoms with van der Waals surface area (Å²) in [6.45, 7) is 1.31. The van der Waals surface area contributed by atoms with Crippen molar-refractivity contribution in [3.63, 3.8) is 0 Å². The lowest BCUT2D eigenvalue weighted by Crippen LogP contribution is -2.34. The first-order valence-corrected chi connectivity index (χ1v) is 6.12. The molecule has 0 atom stereocenters. The summed E-state index contributed by atoms with van der Waals surface area (Å²) in [7, 11) is 0. The lowest BCUT2D eigenvalue weighted by Gasteiger charge is -2.24. The van der Waals surface area contributed by atoms with Crippen LogP contribution < -0.4 is 14.8 Å². The van der Waals surface area contributed by atoms with Gasteiger partial charge in [0.2, 0.25) is 0 Å². The average molecular weight is 257 g/mol. The molecular formula is C13H17F2NO2. The third-order valence-corrected chi connectivity index (χ3v) is 2.77. The molecule has 1 saturated heterocycles. The summed E-state index contributed by atoms with van der Waals surface area (Å²) in [4.78, 5) is 0. The Labute approximate surface area is 105 Å². The van der Waals surface area contributed by atoms with Gasteiger partial charge in [0.1, 0.15) is 24.2 Å². The van der Waals surface area contributed by atoms with Gasteiger partial charge in [0.05, 0.1) is 0 Å². The highest BCUT2D eigenvalue weighted by Crippen LogP contribution is 2.22. The molecule has 1 N–H and O–H groups in total. The summed E-state index contributed by atoms with van der Waals surface area (Å²) < 4.78 is 34.8. The summed E-state index contributed by atoms with van der Waals surface area (Å²) in [6.07, 6.45) is -0.347. The first kappa shape index (κ1) is 13.1. The Morgan fingerprint density at radius 3 is 2.67 bits per heavy atom. The van der Waals surface area contributed by atoms with E-state index in [1.54, 1.807) is 18.2 Å². The van der Waals surface area contributed by atoms with E-state index in [0.29, 0.717) is 11.5 Å². The number of hydrogen-bond donors (Lipinski definition) is 1. The SMILES string of the molecule is FC(F)COc1cccc(OC2CCNCC2)c1. The standard InChI is InChI=1S/C13H17F2NO2/c14-13(15)9-17-11-2-1-3-12(8-11)18-10-4-6-16-7-5-10/h1-3,8,10,13,16H,4-7,9H2. The number of piperidine rings is 1. The van der Waals surface area contributed by atoms with Gasteiger partial charge in [-0.2, -0.15) is 0 Å². The topological polar surface area (TPSA) is 30.5 Å². The molecule has 0 saturated carbocycles. The zero-order valence-corrected chi connectivity index (χ0v) is 10.1. The molecular weight excluding hydrogens is 240 g/mol. The highest BCUT2D eigenvalue weighted by Gasteiger charge is 2.14. The minimum atomic E-state index is -2.46. The van der Waals surface area contributed by atoms with Crippen molar-refractivity contribution in [2.24, 2.45) is 0 Å². The molecule has 5 heteroatoms. The van der Waals surface area contributed by atoms with Crippen LogP contribution in [0.4, 0.5) is 8.78 Å². The molecule has 3 nitrogen and oxygen atoms in total. The van der Waals surface area contributed by atoms with Gasteiger partial charge >= 0.3 is 0 Å². The van der Waals surface area contributed by atoms with E-state index in [9.17, 15) is 8.78 Å². The smallest absolute Gasteiger partial charge is 0.272 e. The quantitative estimate of drug-likeness (QED) is 0.879. The number of nitrogens with one attached hydrogen (secondary N) is 1. The molecule has 0 spiro atoms. The van der Waals surface area contributed by atoms with Crippen LogP contribution in [0.3, 0.4) is 0 Å². The summed E-state index contributed by atoms with van der Waals surface area (Å²) >= 11 is 0. The molecule has 1 aliphatic heterocycles. The molecule has 1 heterocycles. The monoisotopic (exact) mass is 257 g/mol. The number of benzene rings is 1. The Balaban J connectivity index is 1.89. The van der Waals surface area contributed by atoms with Gasteiger partial charge in [0.25, 0.3) is 6.43 Å². The molecule has 0 bridgehead atoms. The van der Waals surface area contributed by atoms with Crippen LogP contribution in [0.1, 0.15) is 12.8 Å². The number of alkyl halides is 2. The predicted octanol–water partition coefficient (Wildman–Crippen LogP) is 2.46. The van der Waals surface area contributed by atoms with Crippen molar-refractivity contribution in [3.05, 3.63) is 24.3 Å². The van der Waals surface area contributed by atoms with Gasteiger partial charge in [-0.25, -0.2) is 8.78 Å². The maximum absolute atomic E-state index is 12.0. The zero-order chi connectivity index (χ0) is 12.8. The molecule has 0 aromatic heterocycles. The van der Waals surface area contributed by atoms with E-state index in [0.717, 1.165) is 25.9 Å². The third kappa shape index (κ3) is 4.14. The van der Waals surface area contributed by atoms with E-state index in [4.69, 9.17) is 9.47 Å². The van der Waals surface area contributed by atoms with Gasteiger partial charge in [0.15, 0.2) is 0 Å². The van der Waals surface area contributed by atoms with Gasteiger partial charge in [0, 0.05) is 6.07 Å². The van der Waals surface area contributed by atoms with E-state index >= 15 is 0 Å². The van der Waals surface area contributed by atoms with E-state index in [-0.39, 0.29) is 6.10 Å². The van der Waals surface area contributed by atoms with Gasteiger partial charge in [-0.3, -0.25) is 0 Å². The van der Waals surface area contributed by atoms with E-state index < -0.39 is 13.0 Å². The van der Waals surface area contributed by atoms with Crippen LogP contribution in [0, 0.1) is 0 Å². The molecule has 100 valence electrons. The van der Waals surface area contributed by atoms with Crippen LogP contribution in [-0.2, 0) is 0 Å². The maximum atomic E-state index is 12.0. The van der Waals surface area contributed by atoms with Crippen LogP contribution in [0.15, 0.2) is 24.3 Å². The average Bonchev–Trinajstić information content (AvgIpc) is 2.38. The fourth-order valence-electron chi connectivity index (χ4n) is 1.90. The molecule has 0 radical (unpaired) electrons. The fraction of sp³-hybridized carbons (Fsp3) is 0.538. The Kier molecular flexibility index (Phi) is 4.75. The molecule has 18 heavy (non-hydrogen) atoms. The first-order chi connectivity index (χ1) is 8.74. The fourth-order valence-corrected chi connectivity index (χ4v) is 1.90. The second-order valence-electron chi connectivity index (χ2n) is 4.24. The minimum Gasteiger partial charge on any atom is -0.490 e. The number of halogens is 2. The van der Waals surface area contributed by atoms with Crippen LogP contribution in [0.25, 0.3) is 0 Å². The highest BCUT2D eigenvalue weighted by molar-refractivity contribution is 5.33. The van der Waals surface area contributed by atoms with Gasteiger partial charge in [-0.1, -0.05) is 6.07 Å². The number of hydrogen-bond acceptors (Lipinski definition) is 3. The van der Waals surface area contributed by atoms with Crippen LogP contribution >= 0.6 is 0 Å². The molecule has 1 fully saturated rings. The molecule has 1 aromatic carbocycles. The summed E-state index contributed by atoms with van der Waals surface area (Å²) in [5.41, 5.74) is 0. The van der Waals surface area contributed by atoms with Crippen molar-refractivity contribution in [2.75, 3.05) is 19.7 Å². The first-order valence-electron chi connectivity index (χ1n) is 6.12. The Hall–Kier alpha value is -1.36. The van der Waals surface area contributed by atoms with Crippen LogP contribution in [-0.4, -0.2) is 32.2 Å². The van der Waals surface area contributed by atoms with Crippen molar-refractivity contribution in [1.82, 2.24) is 5.32 Å². The van der Waals surface area contributed by atoms with Gasteiger partial charge in [-0.05, 0) is 38.1 Å². The summed E-state index contributed by atoms with van der Waals surface area (Å²) in [5.74, 6) is 1.09.